The number of fused-ring (bicyclic) bond motifs is 2. The largest absolute Gasteiger partial charge is 0.279 e. The van der Waals surface area contributed by atoms with E-state index in [0.717, 1.165) is 32.1 Å². The predicted molar refractivity (Wildman–Crippen MR) is 128 cm³/mol. The molecule has 4 nitrogen and oxygen atoms in total. The van der Waals surface area contributed by atoms with E-state index in [4.69, 9.17) is 4.98 Å². The zero-order chi connectivity index (χ0) is 21.4. The van der Waals surface area contributed by atoms with Crippen molar-refractivity contribution in [3.8, 4) is 0 Å². The molecule has 0 saturated carbocycles. The van der Waals surface area contributed by atoms with Crippen LogP contribution < -0.4 is 4.90 Å². The number of rotatable bonds is 4. The number of aromatic nitrogens is 2. The minimum atomic E-state index is -0.0666. The van der Waals surface area contributed by atoms with Gasteiger partial charge in [-0.2, -0.15) is 0 Å². The summed E-state index contributed by atoms with van der Waals surface area (Å²) >= 11 is 1.55. The van der Waals surface area contributed by atoms with Crippen LogP contribution in [0.3, 0.4) is 0 Å². The van der Waals surface area contributed by atoms with Crippen LogP contribution in [0.5, 0.6) is 0 Å². The molecule has 0 fully saturated rings. The number of pyridine rings is 1. The first-order valence-corrected chi connectivity index (χ1v) is 11.0. The monoisotopic (exact) mass is 423 g/mol. The average Bonchev–Trinajstić information content (AvgIpc) is 3.25. The third-order valence-electron chi connectivity index (χ3n) is 5.61. The topological polar surface area (TPSA) is 46.1 Å². The van der Waals surface area contributed by atoms with E-state index in [0.29, 0.717) is 17.2 Å². The Kier molecular flexibility index (Phi) is 4.96. The van der Waals surface area contributed by atoms with Crippen LogP contribution in [0.25, 0.3) is 21.0 Å². The molecule has 0 aliphatic heterocycles. The first kappa shape index (κ1) is 19.4. The van der Waals surface area contributed by atoms with Crippen molar-refractivity contribution in [1.82, 2.24) is 9.97 Å². The highest BCUT2D eigenvalue weighted by Crippen LogP contribution is 2.33. The molecule has 2 aromatic heterocycles. The van der Waals surface area contributed by atoms with Crippen molar-refractivity contribution < 1.29 is 4.79 Å². The van der Waals surface area contributed by atoms with Gasteiger partial charge in [0.25, 0.3) is 5.91 Å². The third kappa shape index (κ3) is 3.68. The van der Waals surface area contributed by atoms with E-state index in [1.54, 1.807) is 28.6 Å². The van der Waals surface area contributed by atoms with Gasteiger partial charge in [-0.1, -0.05) is 53.8 Å². The van der Waals surface area contributed by atoms with Gasteiger partial charge < -0.3 is 0 Å². The van der Waals surface area contributed by atoms with Gasteiger partial charge >= 0.3 is 0 Å². The lowest BCUT2D eigenvalue weighted by atomic mass is 10.1. The Balaban J connectivity index is 1.61. The molecule has 3 aromatic carbocycles. The number of hydrogen-bond donors (Lipinski definition) is 0. The van der Waals surface area contributed by atoms with Gasteiger partial charge in [0.05, 0.1) is 16.8 Å². The first-order valence-electron chi connectivity index (χ1n) is 10.2. The molecule has 0 unspecified atom stereocenters. The number of carbonyl (C=O) groups excluding carboxylic acids is 1. The Hall–Kier alpha value is -3.57. The number of thiazole rings is 1. The summed E-state index contributed by atoms with van der Waals surface area (Å²) < 4.78 is 1.08. The molecule has 1 amide bonds. The maximum absolute atomic E-state index is 13.7. The Labute approximate surface area is 184 Å². The molecule has 0 saturated heterocycles. The molecule has 0 bridgehead atoms. The molecule has 0 aliphatic rings. The second-order valence-electron chi connectivity index (χ2n) is 7.67. The van der Waals surface area contributed by atoms with Crippen LogP contribution in [-0.4, -0.2) is 15.9 Å². The fourth-order valence-electron chi connectivity index (χ4n) is 3.71. The summed E-state index contributed by atoms with van der Waals surface area (Å²) in [5.41, 5.74) is 4.92. The Morgan fingerprint density at radius 1 is 0.968 bits per heavy atom. The minimum absolute atomic E-state index is 0.0666. The summed E-state index contributed by atoms with van der Waals surface area (Å²) in [6, 6.07) is 22.0. The maximum Gasteiger partial charge on any atom is 0.260 e. The van der Waals surface area contributed by atoms with Crippen LogP contribution in [0.1, 0.15) is 27.0 Å². The number of benzene rings is 3. The molecule has 0 aliphatic carbocycles. The van der Waals surface area contributed by atoms with E-state index in [1.807, 2.05) is 48.5 Å². The molecule has 0 spiro atoms. The summed E-state index contributed by atoms with van der Waals surface area (Å²) in [7, 11) is 0. The summed E-state index contributed by atoms with van der Waals surface area (Å²) in [5, 5.41) is 2.86. The van der Waals surface area contributed by atoms with Crippen LogP contribution in [0.15, 0.2) is 79.1 Å². The van der Waals surface area contributed by atoms with Gasteiger partial charge in [-0.25, -0.2) is 4.98 Å². The van der Waals surface area contributed by atoms with Gasteiger partial charge in [0.2, 0.25) is 0 Å². The van der Waals surface area contributed by atoms with Gasteiger partial charge in [0.15, 0.2) is 5.13 Å². The van der Waals surface area contributed by atoms with Crippen molar-refractivity contribution >= 4 is 43.4 Å². The fraction of sp³-hybridized carbons (Fsp3) is 0.115. The van der Waals surface area contributed by atoms with Gasteiger partial charge in [-0.15, -0.1) is 0 Å². The standard InChI is InChI=1S/C26H21N3OS/c1-17-9-12-23-24(18(17)2)28-26(31-23)29(16-19-6-5-13-27-15-19)25(30)22-11-10-20-7-3-4-8-21(20)14-22/h3-15H,16H2,1-2H3. The van der Waals surface area contributed by atoms with E-state index in [2.05, 4.69) is 37.0 Å². The summed E-state index contributed by atoms with van der Waals surface area (Å²) in [5.74, 6) is -0.0666. The van der Waals surface area contributed by atoms with Gasteiger partial charge in [-0.05, 0) is 65.6 Å². The molecule has 5 rings (SSSR count). The van der Waals surface area contributed by atoms with Gasteiger partial charge in [0, 0.05) is 18.0 Å². The average molecular weight is 424 g/mol. The van der Waals surface area contributed by atoms with Crippen LogP contribution in [0.4, 0.5) is 5.13 Å². The second-order valence-corrected chi connectivity index (χ2v) is 8.67. The van der Waals surface area contributed by atoms with Crippen molar-refractivity contribution in [3.05, 3.63) is 101 Å². The van der Waals surface area contributed by atoms with Crippen LogP contribution in [0.2, 0.25) is 0 Å². The third-order valence-corrected chi connectivity index (χ3v) is 6.65. The Bertz CT molecular complexity index is 1410. The highest BCUT2D eigenvalue weighted by atomic mass is 32.1. The highest BCUT2D eigenvalue weighted by molar-refractivity contribution is 7.22. The lowest BCUT2D eigenvalue weighted by Crippen LogP contribution is -2.30. The second kappa shape index (κ2) is 7.93. The molecule has 31 heavy (non-hydrogen) atoms. The zero-order valence-electron chi connectivity index (χ0n) is 17.4. The van der Waals surface area contributed by atoms with Gasteiger partial charge in [0.1, 0.15) is 0 Å². The van der Waals surface area contributed by atoms with Crippen molar-refractivity contribution in [2.75, 3.05) is 4.90 Å². The number of nitrogens with zero attached hydrogens (tertiary/aromatic N) is 3. The SMILES string of the molecule is Cc1ccc2sc(N(Cc3cccnc3)C(=O)c3ccc4ccccc4c3)nc2c1C. The van der Waals surface area contributed by atoms with E-state index < -0.39 is 0 Å². The quantitative estimate of drug-likeness (QED) is 0.340. The smallest absolute Gasteiger partial charge is 0.260 e. The maximum atomic E-state index is 13.7. The summed E-state index contributed by atoms with van der Waals surface area (Å²) in [4.78, 5) is 24.6. The van der Waals surface area contributed by atoms with Crippen molar-refractivity contribution in [1.29, 1.82) is 0 Å². The minimum Gasteiger partial charge on any atom is -0.279 e. The molecule has 5 heteroatoms. The van der Waals surface area contributed by atoms with E-state index in [1.165, 1.54) is 5.56 Å². The number of anilines is 1. The van der Waals surface area contributed by atoms with Crippen LogP contribution >= 0.6 is 11.3 Å². The zero-order valence-corrected chi connectivity index (χ0v) is 18.2. The van der Waals surface area contributed by atoms with E-state index >= 15 is 0 Å². The normalized spacial score (nSPS) is 11.2. The Morgan fingerprint density at radius 3 is 2.61 bits per heavy atom. The lowest BCUT2D eigenvalue weighted by molar-refractivity contribution is 0.0985. The molecular weight excluding hydrogens is 402 g/mol. The highest BCUT2D eigenvalue weighted by Gasteiger charge is 2.23. The molecule has 0 radical (unpaired) electrons. The van der Waals surface area contributed by atoms with Crippen molar-refractivity contribution in [2.45, 2.75) is 20.4 Å². The molecule has 0 N–H and O–H groups in total. The molecule has 0 atom stereocenters. The molecular formula is C26H21N3OS. The first-order chi connectivity index (χ1) is 15.1. The Morgan fingerprint density at radius 2 is 1.81 bits per heavy atom. The molecule has 152 valence electrons. The van der Waals surface area contributed by atoms with Crippen LogP contribution in [0, 0.1) is 13.8 Å². The number of amides is 1. The van der Waals surface area contributed by atoms with E-state index in [9.17, 15) is 4.79 Å². The predicted octanol–water partition coefficient (Wildman–Crippen LogP) is 6.31. The number of aryl methyl sites for hydroxylation is 2. The number of hydrogen-bond acceptors (Lipinski definition) is 4. The van der Waals surface area contributed by atoms with Crippen molar-refractivity contribution in [2.24, 2.45) is 0 Å². The summed E-state index contributed by atoms with van der Waals surface area (Å²) in [6.07, 6.45) is 3.53. The fourth-order valence-corrected chi connectivity index (χ4v) is 4.73. The summed E-state index contributed by atoms with van der Waals surface area (Å²) in [6.45, 7) is 4.58. The van der Waals surface area contributed by atoms with Gasteiger partial charge in [-0.3, -0.25) is 14.7 Å². The number of carbonyl (C=O) groups is 1. The lowest BCUT2D eigenvalue weighted by Gasteiger charge is -2.20. The van der Waals surface area contributed by atoms with Crippen molar-refractivity contribution in [3.63, 3.8) is 0 Å². The van der Waals surface area contributed by atoms with Crippen LogP contribution in [-0.2, 0) is 6.54 Å². The molecule has 5 aromatic rings. The molecule has 2 heterocycles. The van der Waals surface area contributed by atoms with E-state index in [-0.39, 0.29) is 5.91 Å².